The number of hydrogen-bond donors (Lipinski definition) is 1. The number of amides is 2. The van der Waals surface area contributed by atoms with Crippen LogP contribution in [0.4, 0.5) is 5.69 Å². The minimum Gasteiger partial charge on any atom is -0.378 e. The van der Waals surface area contributed by atoms with Gasteiger partial charge in [0, 0.05) is 61.9 Å². The summed E-state index contributed by atoms with van der Waals surface area (Å²) in [6.45, 7) is 6.74. The Morgan fingerprint density at radius 1 is 1.03 bits per heavy atom. The maximum Gasteiger partial charge on any atom is 0.254 e. The van der Waals surface area contributed by atoms with Gasteiger partial charge in [-0.3, -0.25) is 14.6 Å². The monoisotopic (exact) mass is 496 g/mol. The van der Waals surface area contributed by atoms with E-state index in [0.717, 1.165) is 60.8 Å². The maximum absolute atomic E-state index is 13.3. The summed E-state index contributed by atoms with van der Waals surface area (Å²) in [6.07, 6.45) is 5.96. The molecule has 0 bridgehead atoms. The first-order chi connectivity index (χ1) is 18.1. The van der Waals surface area contributed by atoms with Gasteiger partial charge < -0.3 is 19.9 Å². The second-order valence-corrected chi connectivity index (χ2v) is 9.41. The molecule has 3 aromatic rings. The van der Waals surface area contributed by atoms with Crippen LogP contribution in [0.3, 0.4) is 0 Å². The van der Waals surface area contributed by atoms with Crippen molar-refractivity contribution in [2.75, 3.05) is 37.7 Å². The van der Waals surface area contributed by atoms with Gasteiger partial charge in [0.25, 0.3) is 5.91 Å². The number of anilines is 1. The standard InChI is InChI=1S/C30H32N4O3/c1-22-28(20-32-29(35)12-7-23-5-3-2-4-6-23)27-13-14-34(21-25(27)19-31-22)30(36)24-8-10-26(11-9-24)33-15-17-37-18-16-33/h2-12,19H,13-18,20-21H2,1H3,(H,32,35). The predicted octanol–water partition coefficient (Wildman–Crippen LogP) is 3.75. The van der Waals surface area contributed by atoms with Crippen LogP contribution in [0.15, 0.2) is 66.9 Å². The second-order valence-electron chi connectivity index (χ2n) is 9.41. The van der Waals surface area contributed by atoms with Crippen molar-refractivity contribution in [2.45, 2.75) is 26.4 Å². The number of aromatic nitrogens is 1. The smallest absolute Gasteiger partial charge is 0.254 e. The van der Waals surface area contributed by atoms with Gasteiger partial charge in [0.2, 0.25) is 5.91 Å². The number of fused-ring (bicyclic) bond motifs is 1. The van der Waals surface area contributed by atoms with Gasteiger partial charge in [-0.2, -0.15) is 0 Å². The van der Waals surface area contributed by atoms with Crippen molar-refractivity contribution in [3.05, 3.63) is 100 Å². The Morgan fingerprint density at radius 2 is 1.78 bits per heavy atom. The molecule has 1 N–H and O–H groups in total. The number of benzene rings is 2. The molecule has 3 heterocycles. The summed E-state index contributed by atoms with van der Waals surface area (Å²) in [5.74, 6) is -0.116. The number of carbonyl (C=O) groups is 2. The third-order valence-corrected chi connectivity index (χ3v) is 7.04. The van der Waals surface area contributed by atoms with Crippen molar-refractivity contribution in [1.29, 1.82) is 0 Å². The first-order valence-electron chi connectivity index (χ1n) is 12.8. The average molecular weight is 497 g/mol. The van der Waals surface area contributed by atoms with Crippen molar-refractivity contribution in [3.63, 3.8) is 0 Å². The molecule has 37 heavy (non-hydrogen) atoms. The molecule has 5 rings (SSSR count). The van der Waals surface area contributed by atoms with E-state index in [-0.39, 0.29) is 11.8 Å². The van der Waals surface area contributed by atoms with Gasteiger partial charge in [0.05, 0.1) is 13.2 Å². The Bertz CT molecular complexity index is 1280. The third-order valence-electron chi connectivity index (χ3n) is 7.04. The minimum absolute atomic E-state index is 0.0284. The fourth-order valence-corrected chi connectivity index (χ4v) is 4.92. The highest BCUT2D eigenvalue weighted by Crippen LogP contribution is 2.26. The number of nitrogens with one attached hydrogen (secondary N) is 1. The maximum atomic E-state index is 13.3. The number of pyridine rings is 1. The number of rotatable bonds is 6. The van der Waals surface area contributed by atoms with Crippen LogP contribution in [0, 0.1) is 6.92 Å². The predicted molar refractivity (Wildman–Crippen MR) is 144 cm³/mol. The van der Waals surface area contributed by atoms with E-state index in [9.17, 15) is 9.59 Å². The molecule has 0 saturated carbocycles. The summed E-state index contributed by atoms with van der Waals surface area (Å²) in [7, 11) is 0. The molecular weight excluding hydrogens is 464 g/mol. The molecule has 0 unspecified atom stereocenters. The third kappa shape index (κ3) is 5.89. The molecule has 0 aliphatic carbocycles. The molecule has 2 amide bonds. The van der Waals surface area contributed by atoms with Gasteiger partial charge in [-0.1, -0.05) is 30.3 Å². The fourth-order valence-electron chi connectivity index (χ4n) is 4.92. The first kappa shape index (κ1) is 24.7. The molecule has 2 aromatic carbocycles. The summed E-state index contributed by atoms with van der Waals surface area (Å²) in [5, 5.41) is 2.99. The Balaban J connectivity index is 1.23. The zero-order valence-corrected chi connectivity index (χ0v) is 21.2. The highest BCUT2D eigenvalue weighted by molar-refractivity contribution is 5.95. The van der Waals surface area contributed by atoms with Gasteiger partial charge in [-0.25, -0.2) is 0 Å². The van der Waals surface area contributed by atoms with Crippen molar-refractivity contribution < 1.29 is 14.3 Å². The van der Waals surface area contributed by atoms with Gasteiger partial charge >= 0.3 is 0 Å². The SMILES string of the molecule is Cc1ncc2c(c1CNC(=O)C=Cc1ccccc1)CCN(C(=O)c1ccc(N3CCOCC3)cc1)C2. The van der Waals surface area contributed by atoms with E-state index in [1.807, 2.05) is 72.6 Å². The Hall–Kier alpha value is -3.97. The van der Waals surface area contributed by atoms with E-state index in [4.69, 9.17) is 4.74 Å². The first-order valence-corrected chi connectivity index (χ1v) is 12.8. The lowest BCUT2D eigenvalue weighted by atomic mass is 9.94. The Kier molecular flexibility index (Phi) is 7.61. The molecule has 0 spiro atoms. The zero-order valence-electron chi connectivity index (χ0n) is 21.2. The lowest BCUT2D eigenvalue weighted by molar-refractivity contribution is -0.116. The van der Waals surface area contributed by atoms with Crippen LogP contribution in [0.1, 0.15) is 38.3 Å². The molecule has 0 atom stereocenters. The molecule has 2 aliphatic rings. The Labute approximate surface area is 217 Å². The normalized spacial score (nSPS) is 15.5. The molecule has 1 fully saturated rings. The van der Waals surface area contributed by atoms with Crippen LogP contribution in [-0.4, -0.2) is 54.5 Å². The molecule has 7 nitrogen and oxygen atoms in total. The van der Waals surface area contributed by atoms with E-state index in [1.54, 1.807) is 12.2 Å². The molecule has 1 saturated heterocycles. The largest absolute Gasteiger partial charge is 0.378 e. The molecule has 2 aliphatic heterocycles. The molecule has 1 aromatic heterocycles. The summed E-state index contributed by atoms with van der Waals surface area (Å²) in [6, 6.07) is 17.6. The van der Waals surface area contributed by atoms with E-state index < -0.39 is 0 Å². The number of nitrogens with zero attached hydrogens (tertiary/aromatic N) is 3. The van der Waals surface area contributed by atoms with Gasteiger partial charge in [-0.15, -0.1) is 0 Å². The van der Waals surface area contributed by atoms with E-state index >= 15 is 0 Å². The highest BCUT2D eigenvalue weighted by Gasteiger charge is 2.25. The topological polar surface area (TPSA) is 74.8 Å². The second kappa shape index (κ2) is 11.4. The van der Waals surface area contributed by atoms with Crippen LogP contribution in [0.25, 0.3) is 6.08 Å². The number of ether oxygens (including phenoxy) is 1. The van der Waals surface area contributed by atoms with Crippen molar-refractivity contribution in [3.8, 4) is 0 Å². The summed E-state index contributed by atoms with van der Waals surface area (Å²) in [5.41, 5.74) is 6.97. The number of aryl methyl sites for hydroxylation is 1. The van der Waals surface area contributed by atoms with E-state index in [0.29, 0.717) is 25.2 Å². The number of carbonyl (C=O) groups excluding carboxylic acids is 2. The van der Waals surface area contributed by atoms with Crippen LogP contribution >= 0.6 is 0 Å². The average Bonchev–Trinajstić information content (AvgIpc) is 2.96. The van der Waals surface area contributed by atoms with E-state index in [2.05, 4.69) is 15.2 Å². The zero-order chi connectivity index (χ0) is 25.6. The van der Waals surface area contributed by atoms with Gasteiger partial charge in [-0.05, 0) is 65.9 Å². The summed E-state index contributed by atoms with van der Waals surface area (Å²) < 4.78 is 5.43. The Morgan fingerprint density at radius 3 is 2.54 bits per heavy atom. The minimum atomic E-state index is -0.144. The van der Waals surface area contributed by atoms with Crippen LogP contribution in [-0.2, 0) is 29.0 Å². The van der Waals surface area contributed by atoms with Crippen LogP contribution < -0.4 is 10.2 Å². The summed E-state index contributed by atoms with van der Waals surface area (Å²) >= 11 is 0. The van der Waals surface area contributed by atoms with Crippen LogP contribution in [0.5, 0.6) is 0 Å². The van der Waals surface area contributed by atoms with Gasteiger partial charge in [0.15, 0.2) is 0 Å². The highest BCUT2D eigenvalue weighted by atomic mass is 16.5. The molecule has 0 radical (unpaired) electrons. The summed E-state index contributed by atoms with van der Waals surface area (Å²) in [4.78, 5) is 34.4. The lowest BCUT2D eigenvalue weighted by Gasteiger charge is -2.31. The van der Waals surface area contributed by atoms with Crippen molar-refractivity contribution >= 4 is 23.6 Å². The fraction of sp³-hybridized carbons (Fsp3) is 0.300. The quantitative estimate of drug-likeness (QED) is 0.526. The number of morpholine rings is 1. The number of hydrogen-bond acceptors (Lipinski definition) is 5. The van der Waals surface area contributed by atoms with Crippen molar-refractivity contribution in [1.82, 2.24) is 15.2 Å². The lowest BCUT2D eigenvalue weighted by Crippen LogP contribution is -2.37. The van der Waals surface area contributed by atoms with Crippen LogP contribution in [0.2, 0.25) is 0 Å². The van der Waals surface area contributed by atoms with Crippen molar-refractivity contribution in [2.24, 2.45) is 0 Å². The van der Waals surface area contributed by atoms with E-state index in [1.165, 1.54) is 5.56 Å². The van der Waals surface area contributed by atoms with Gasteiger partial charge in [0.1, 0.15) is 0 Å². The molecular formula is C30H32N4O3. The molecule has 7 heteroatoms. The molecule has 190 valence electrons.